The number of hydrogen-bond donors (Lipinski definition) is 2. The summed E-state index contributed by atoms with van der Waals surface area (Å²) in [6, 6.07) is 0. The van der Waals surface area contributed by atoms with Crippen molar-refractivity contribution < 1.29 is 15.0 Å². The molecule has 7 unspecified atom stereocenters. The van der Waals surface area contributed by atoms with Gasteiger partial charge in [0.05, 0.1) is 5.60 Å². The summed E-state index contributed by atoms with van der Waals surface area (Å²) in [5.41, 5.74) is 1.75. The van der Waals surface area contributed by atoms with E-state index in [0.29, 0.717) is 23.2 Å². The molecule has 4 aliphatic rings. The van der Waals surface area contributed by atoms with E-state index in [0.717, 1.165) is 49.9 Å². The third-order valence-electron chi connectivity index (χ3n) is 9.52. The van der Waals surface area contributed by atoms with Crippen LogP contribution in [0.1, 0.15) is 91.4 Å². The van der Waals surface area contributed by atoms with E-state index in [-0.39, 0.29) is 0 Å². The van der Waals surface area contributed by atoms with Crippen LogP contribution in [0.5, 0.6) is 0 Å². The maximum absolute atomic E-state index is 10.9. The van der Waals surface area contributed by atoms with Crippen LogP contribution in [0.3, 0.4) is 0 Å². The molecule has 152 valence electrons. The number of aliphatic hydroxyl groups is 1. The normalized spacial score (nSPS) is 49.0. The first-order chi connectivity index (χ1) is 12.7. The van der Waals surface area contributed by atoms with Gasteiger partial charge < -0.3 is 10.2 Å². The molecule has 0 amide bonds. The lowest BCUT2D eigenvalue weighted by molar-refractivity contribution is -0.137. The second-order valence-electron chi connectivity index (χ2n) is 11.0. The van der Waals surface area contributed by atoms with Crippen molar-refractivity contribution in [1.29, 1.82) is 0 Å². The standard InChI is InChI=1S/C24H38O3/c1-22(27)13-14-24(3)17(15-22)7-9-18-19-10-8-16(5-4-6-21(25)26)23(19,2)12-11-20(18)24/h7,16,18-20,27H,4-6,8-15H2,1-3H3,(H,25,26). The Morgan fingerprint density at radius 1 is 1.11 bits per heavy atom. The second kappa shape index (κ2) is 6.61. The third kappa shape index (κ3) is 3.18. The van der Waals surface area contributed by atoms with E-state index in [2.05, 4.69) is 19.9 Å². The summed E-state index contributed by atoms with van der Waals surface area (Å²) in [5.74, 6) is 2.45. The number of carbonyl (C=O) groups is 1. The van der Waals surface area contributed by atoms with Gasteiger partial charge in [-0.05, 0) is 106 Å². The molecule has 0 radical (unpaired) electrons. The van der Waals surface area contributed by atoms with Crippen LogP contribution in [0.2, 0.25) is 0 Å². The van der Waals surface area contributed by atoms with Crippen molar-refractivity contribution in [2.45, 2.75) is 97.0 Å². The molecule has 2 N–H and O–H groups in total. The van der Waals surface area contributed by atoms with E-state index >= 15 is 0 Å². The van der Waals surface area contributed by atoms with Crippen molar-refractivity contribution >= 4 is 5.97 Å². The Labute approximate surface area is 164 Å². The van der Waals surface area contributed by atoms with Crippen LogP contribution in [0, 0.1) is 34.5 Å². The molecule has 0 saturated heterocycles. The van der Waals surface area contributed by atoms with Gasteiger partial charge in [0, 0.05) is 6.42 Å². The Kier molecular flexibility index (Phi) is 4.77. The molecule has 3 heteroatoms. The molecule has 0 aliphatic heterocycles. The molecule has 0 spiro atoms. The molecule has 4 aliphatic carbocycles. The van der Waals surface area contributed by atoms with E-state index in [1.807, 2.05) is 6.92 Å². The highest BCUT2D eigenvalue weighted by Gasteiger charge is 2.58. The minimum absolute atomic E-state index is 0.299. The summed E-state index contributed by atoms with van der Waals surface area (Å²) in [6.07, 6.45) is 14.2. The Hall–Kier alpha value is -0.830. The van der Waals surface area contributed by atoms with Crippen molar-refractivity contribution in [2.24, 2.45) is 34.5 Å². The highest BCUT2D eigenvalue weighted by molar-refractivity contribution is 5.66. The Bertz CT molecular complexity index is 636. The summed E-state index contributed by atoms with van der Waals surface area (Å²) < 4.78 is 0. The Balaban J connectivity index is 1.52. The number of carboxylic acid groups (broad SMARTS) is 1. The van der Waals surface area contributed by atoms with Gasteiger partial charge in [0.25, 0.3) is 0 Å². The fourth-order valence-electron chi connectivity index (χ4n) is 7.89. The second-order valence-corrected chi connectivity index (χ2v) is 11.0. The fraction of sp³-hybridized carbons (Fsp3) is 0.875. The molecular weight excluding hydrogens is 336 g/mol. The molecule has 0 bridgehead atoms. The minimum atomic E-state index is -0.649. The van der Waals surface area contributed by atoms with E-state index in [4.69, 9.17) is 5.11 Å². The molecule has 7 atom stereocenters. The largest absolute Gasteiger partial charge is 0.481 e. The zero-order chi connectivity index (χ0) is 19.4. The number of hydrogen-bond acceptors (Lipinski definition) is 2. The molecule has 0 aromatic rings. The van der Waals surface area contributed by atoms with Crippen LogP contribution in [-0.2, 0) is 4.79 Å². The van der Waals surface area contributed by atoms with Gasteiger partial charge in [-0.15, -0.1) is 0 Å². The van der Waals surface area contributed by atoms with Crippen LogP contribution in [0.15, 0.2) is 11.6 Å². The summed E-state index contributed by atoms with van der Waals surface area (Å²) in [7, 11) is 0. The van der Waals surface area contributed by atoms with Crippen LogP contribution < -0.4 is 0 Å². The van der Waals surface area contributed by atoms with Gasteiger partial charge in [0.15, 0.2) is 0 Å². The first-order valence-corrected chi connectivity index (χ1v) is 11.3. The van der Waals surface area contributed by atoms with Gasteiger partial charge in [0.2, 0.25) is 0 Å². The van der Waals surface area contributed by atoms with E-state index in [1.165, 1.54) is 32.1 Å². The predicted octanol–water partition coefficient (Wildman–Crippen LogP) is 5.57. The zero-order valence-electron chi connectivity index (χ0n) is 17.5. The quantitative estimate of drug-likeness (QED) is 0.632. The summed E-state index contributed by atoms with van der Waals surface area (Å²) in [6.45, 7) is 7.03. The average Bonchev–Trinajstić information content (AvgIpc) is 2.92. The SMILES string of the molecule is CC1(O)CCC2(C)C(=CCC3C2CCC2(C)C(CCCC(=O)O)CCC32)C1. The molecule has 3 nitrogen and oxygen atoms in total. The van der Waals surface area contributed by atoms with Crippen LogP contribution >= 0.6 is 0 Å². The number of rotatable bonds is 4. The third-order valence-corrected chi connectivity index (χ3v) is 9.52. The van der Waals surface area contributed by atoms with E-state index in [9.17, 15) is 9.90 Å². The highest BCUT2D eigenvalue weighted by atomic mass is 16.4. The number of carboxylic acids is 1. The van der Waals surface area contributed by atoms with Gasteiger partial charge in [-0.3, -0.25) is 4.79 Å². The minimum Gasteiger partial charge on any atom is -0.481 e. The zero-order valence-corrected chi connectivity index (χ0v) is 17.5. The maximum atomic E-state index is 10.9. The molecule has 0 aromatic carbocycles. The molecule has 3 fully saturated rings. The number of allylic oxidation sites excluding steroid dienone is 1. The van der Waals surface area contributed by atoms with Gasteiger partial charge >= 0.3 is 5.97 Å². The lowest BCUT2D eigenvalue weighted by atomic mass is 9.46. The predicted molar refractivity (Wildman–Crippen MR) is 107 cm³/mol. The molecule has 3 saturated carbocycles. The lowest BCUT2D eigenvalue weighted by Gasteiger charge is -2.59. The van der Waals surface area contributed by atoms with Crippen LogP contribution in [0.25, 0.3) is 0 Å². The fourth-order valence-corrected chi connectivity index (χ4v) is 7.89. The number of aliphatic carboxylic acids is 1. The summed E-state index contributed by atoms with van der Waals surface area (Å²) in [4.78, 5) is 10.9. The van der Waals surface area contributed by atoms with Gasteiger partial charge in [0.1, 0.15) is 0 Å². The smallest absolute Gasteiger partial charge is 0.303 e. The van der Waals surface area contributed by atoms with Crippen molar-refractivity contribution in [1.82, 2.24) is 0 Å². The average molecular weight is 375 g/mol. The number of fused-ring (bicyclic) bond motifs is 5. The van der Waals surface area contributed by atoms with Gasteiger partial charge in [-0.25, -0.2) is 0 Å². The van der Waals surface area contributed by atoms with E-state index in [1.54, 1.807) is 5.57 Å². The first kappa shape index (κ1) is 19.5. The monoisotopic (exact) mass is 374 g/mol. The van der Waals surface area contributed by atoms with Crippen LogP contribution in [0.4, 0.5) is 0 Å². The van der Waals surface area contributed by atoms with Gasteiger partial charge in [-0.1, -0.05) is 25.5 Å². The van der Waals surface area contributed by atoms with Crippen molar-refractivity contribution in [2.75, 3.05) is 0 Å². The molecular formula is C24H38O3. The van der Waals surface area contributed by atoms with E-state index < -0.39 is 11.6 Å². The van der Waals surface area contributed by atoms with Crippen molar-refractivity contribution in [3.05, 3.63) is 11.6 Å². The first-order valence-electron chi connectivity index (χ1n) is 11.3. The Morgan fingerprint density at radius 2 is 1.89 bits per heavy atom. The lowest BCUT2D eigenvalue weighted by Crippen LogP contribution is -2.51. The van der Waals surface area contributed by atoms with Gasteiger partial charge in [-0.2, -0.15) is 0 Å². The highest BCUT2D eigenvalue weighted by Crippen LogP contribution is 2.67. The van der Waals surface area contributed by atoms with Crippen LogP contribution in [-0.4, -0.2) is 21.8 Å². The molecule has 0 aromatic heterocycles. The van der Waals surface area contributed by atoms with Crippen molar-refractivity contribution in [3.63, 3.8) is 0 Å². The topological polar surface area (TPSA) is 57.5 Å². The van der Waals surface area contributed by atoms with Crippen molar-refractivity contribution in [3.8, 4) is 0 Å². The summed E-state index contributed by atoms with van der Waals surface area (Å²) in [5, 5.41) is 19.6. The Morgan fingerprint density at radius 3 is 2.63 bits per heavy atom. The maximum Gasteiger partial charge on any atom is 0.303 e. The summed E-state index contributed by atoms with van der Waals surface area (Å²) >= 11 is 0. The molecule has 0 heterocycles. The molecule has 4 rings (SSSR count). The molecule has 27 heavy (non-hydrogen) atoms.